The van der Waals surface area contributed by atoms with Gasteiger partial charge in [0.25, 0.3) is 0 Å². The largest absolute Gasteiger partial charge is 0.356 e. The lowest BCUT2D eigenvalue weighted by atomic mass is 10.0. The van der Waals surface area contributed by atoms with Gasteiger partial charge in [-0.3, -0.25) is 9.39 Å². The van der Waals surface area contributed by atoms with Crippen LogP contribution in [-0.2, 0) is 13.0 Å². The summed E-state index contributed by atoms with van der Waals surface area (Å²) >= 11 is 1.64. The number of guanidine groups is 1. The van der Waals surface area contributed by atoms with E-state index in [9.17, 15) is 0 Å². The van der Waals surface area contributed by atoms with Crippen molar-refractivity contribution in [3.05, 3.63) is 58.9 Å². The maximum absolute atomic E-state index is 4.57. The summed E-state index contributed by atoms with van der Waals surface area (Å²) in [6.07, 6.45) is 6.21. The highest BCUT2D eigenvalue weighted by Crippen LogP contribution is 2.15. The first kappa shape index (κ1) is 18.5. The summed E-state index contributed by atoms with van der Waals surface area (Å²) in [5.74, 6) is 1.41. The van der Waals surface area contributed by atoms with Gasteiger partial charge in [-0.15, -0.1) is 11.3 Å². The van der Waals surface area contributed by atoms with E-state index >= 15 is 0 Å². The van der Waals surface area contributed by atoms with Crippen LogP contribution in [0.4, 0.5) is 0 Å². The molecule has 6 heteroatoms. The number of rotatable bonds is 7. The highest BCUT2D eigenvalue weighted by molar-refractivity contribution is 7.15. The molecule has 0 unspecified atom stereocenters. The van der Waals surface area contributed by atoms with Crippen LogP contribution < -0.4 is 10.6 Å². The van der Waals surface area contributed by atoms with Crippen molar-refractivity contribution in [1.82, 2.24) is 20.0 Å². The molecule has 0 aliphatic heterocycles. The van der Waals surface area contributed by atoms with E-state index in [0.29, 0.717) is 12.5 Å². The van der Waals surface area contributed by atoms with Crippen LogP contribution in [0.3, 0.4) is 0 Å². The summed E-state index contributed by atoms with van der Waals surface area (Å²) in [5, 5.41) is 8.73. The number of hydrogen-bond acceptors (Lipinski definition) is 3. The molecular formula is C20H27N5S. The Balaban J connectivity index is 1.39. The number of hydrogen-bond donors (Lipinski definition) is 2. The quantitative estimate of drug-likeness (QED) is 0.378. The van der Waals surface area contributed by atoms with Crippen molar-refractivity contribution in [1.29, 1.82) is 0 Å². The average Bonchev–Trinajstić information content (AvgIpc) is 3.23. The van der Waals surface area contributed by atoms with Gasteiger partial charge in [-0.2, -0.15) is 0 Å². The zero-order valence-electron chi connectivity index (χ0n) is 15.7. The molecule has 0 fully saturated rings. The van der Waals surface area contributed by atoms with Gasteiger partial charge in [0, 0.05) is 31.4 Å². The number of aromatic nitrogens is 2. The summed E-state index contributed by atoms with van der Waals surface area (Å²) in [7, 11) is 1.80. The maximum atomic E-state index is 4.57. The molecule has 3 aromatic rings. The first-order valence-electron chi connectivity index (χ1n) is 9.10. The van der Waals surface area contributed by atoms with Crippen LogP contribution in [0.5, 0.6) is 0 Å². The van der Waals surface area contributed by atoms with Crippen molar-refractivity contribution in [3.63, 3.8) is 0 Å². The molecule has 26 heavy (non-hydrogen) atoms. The Morgan fingerprint density at radius 3 is 2.73 bits per heavy atom. The van der Waals surface area contributed by atoms with Gasteiger partial charge in [-0.05, 0) is 29.9 Å². The molecule has 138 valence electrons. The lowest BCUT2D eigenvalue weighted by Gasteiger charge is -2.11. The Labute approximate surface area is 159 Å². The van der Waals surface area contributed by atoms with Gasteiger partial charge in [0.05, 0.1) is 12.2 Å². The molecule has 0 aliphatic rings. The molecule has 0 bridgehead atoms. The number of aryl methyl sites for hydroxylation is 1. The summed E-state index contributed by atoms with van der Waals surface area (Å²) in [5.41, 5.74) is 3.80. The van der Waals surface area contributed by atoms with E-state index in [4.69, 9.17) is 0 Å². The van der Waals surface area contributed by atoms with E-state index in [2.05, 4.69) is 58.7 Å². The zero-order chi connectivity index (χ0) is 18.4. The molecule has 0 atom stereocenters. The highest BCUT2D eigenvalue weighted by Gasteiger charge is 2.04. The summed E-state index contributed by atoms with van der Waals surface area (Å²) in [4.78, 5) is 9.87. The van der Waals surface area contributed by atoms with E-state index in [1.807, 2.05) is 22.2 Å². The van der Waals surface area contributed by atoms with Gasteiger partial charge in [-0.1, -0.05) is 38.1 Å². The van der Waals surface area contributed by atoms with Gasteiger partial charge in [0.15, 0.2) is 10.9 Å². The summed E-state index contributed by atoms with van der Waals surface area (Å²) in [6, 6.07) is 8.97. The van der Waals surface area contributed by atoms with Crippen LogP contribution in [0.25, 0.3) is 4.96 Å². The summed E-state index contributed by atoms with van der Waals surface area (Å²) in [6.45, 7) is 6.02. The zero-order valence-corrected chi connectivity index (χ0v) is 16.5. The van der Waals surface area contributed by atoms with E-state index in [1.54, 1.807) is 18.4 Å². The Bertz CT molecular complexity index is 816. The van der Waals surface area contributed by atoms with E-state index in [-0.39, 0.29) is 0 Å². The maximum Gasteiger partial charge on any atom is 0.193 e. The second kappa shape index (κ2) is 8.85. The lowest BCUT2D eigenvalue weighted by Crippen LogP contribution is -2.37. The molecular weight excluding hydrogens is 342 g/mol. The van der Waals surface area contributed by atoms with Crippen LogP contribution >= 0.6 is 11.3 Å². The third-order valence-corrected chi connectivity index (χ3v) is 5.16. The monoisotopic (exact) mass is 369 g/mol. The molecule has 3 rings (SSSR count). The van der Waals surface area contributed by atoms with Crippen molar-refractivity contribution in [3.8, 4) is 0 Å². The minimum atomic E-state index is 0.589. The van der Waals surface area contributed by atoms with Crippen LogP contribution in [0.15, 0.2) is 47.0 Å². The molecule has 2 aromatic heterocycles. The third kappa shape index (κ3) is 4.85. The number of fused-ring (bicyclic) bond motifs is 1. The van der Waals surface area contributed by atoms with Crippen LogP contribution in [0.2, 0.25) is 0 Å². The highest BCUT2D eigenvalue weighted by atomic mass is 32.1. The topological polar surface area (TPSA) is 53.7 Å². The minimum absolute atomic E-state index is 0.589. The van der Waals surface area contributed by atoms with Crippen molar-refractivity contribution in [2.45, 2.75) is 39.2 Å². The fourth-order valence-corrected chi connectivity index (χ4v) is 3.54. The van der Waals surface area contributed by atoms with Gasteiger partial charge in [0.1, 0.15) is 0 Å². The minimum Gasteiger partial charge on any atom is -0.356 e. The number of aliphatic imine (C=N–C) groups is 1. The van der Waals surface area contributed by atoms with Crippen LogP contribution in [0, 0.1) is 0 Å². The van der Waals surface area contributed by atoms with Gasteiger partial charge in [0.2, 0.25) is 0 Å². The van der Waals surface area contributed by atoms with Crippen molar-refractivity contribution < 1.29 is 0 Å². The molecule has 0 aliphatic carbocycles. The molecule has 0 radical (unpaired) electrons. The van der Waals surface area contributed by atoms with Crippen molar-refractivity contribution in [2.75, 3.05) is 13.6 Å². The number of nitrogens with one attached hydrogen (secondary N) is 2. The average molecular weight is 370 g/mol. The fraction of sp³-hybridized carbons (Fsp3) is 0.400. The number of imidazole rings is 1. The number of thiazole rings is 1. The molecule has 0 spiro atoms. The van der Waals surface area contributed by atoms with Gasteiger partial charge in [-0.25, -0.2) is 4.98 Å². The molecule has 2 heterocycles. The first-order valence-corrected chi connectivity index (χ1v) is 9.98. The predicted molar refractivity (Wildman–Crippen MR) is 110 cm³/mol. The molecule has 2 N–H and O–H groups in total. The molecule has 5 nitrogen and oxygen atoms in total. The van der Waals surface area contributed by atoms with Gasteiger partial charge >= 0.3 is 0 Å². The third-order valence-electron chi connectivity index (χ3n) is 4.38. The molecule has 0 amide bonds. The Morgan fingerprint density at radius 1 is 1.23 bits per heavy atom. The standard InChI is InChI=1S/C20H27N5S/c1-15(2)17-8-6-16(7-9-17)5-4-10-22-19(21-3)23-13-18-14-25-11-12-26-20(25)24-18/h6-9,11-12,14-15H,4-5,10,13H2,1-3H3,(H2,21,22,23). The summed E-state index contributed by atoms with van der Waals surface area (Å²) < 4.78 is 2.04. The van der Waals surface area contributed by atoms with E-state index in [0.717, 1.165) is 36.0 Å². The fourth-order valence-electron chi connectivity index (χ4n) is 2.82. The Kier molecular flexibility index (Phi) is 6.28. The predicted octanol–water partition coefficient (Wildman–Crippen LogP) is 3.82. The lowest BCUT2D eigenvalue weighted by molar-refractivity contribution is 0.738. The second-order valence-electron chi connectivity index (χ2n) is 6.68. The normalized spacial score (nSPS) is 12.1. The smallest absolute Gasteiger partial charge is 0.193 e. The van der Waals surface area contributed by atoms with Crippen molar-refractivity contribution >= 4 is 22.3 Å². The van der Waals surface area contributed by atoms with E-state index in [1.165, 1.54) is 11.1 Å². The van der Waals surface area contributed by atoms with Crippen LogP contribution in [-0.4, -0.2) is 28.9 Å². The molecule has 0 saturated carbocycles. The number of benzene rings is 1. The SMILES string of the molecule is CN=C(NCCCc1ccc(C(C)C)cc1)NCc1cn2ccsc2n1. The molecule has 1 aromatic carbocycles. The van der Waals surface area contributed by atoms with Crippen molar-refractivity contribution in [2.24, 2.45) is 4.99 Å². The number of nitrogens with zero attached hydrogens (tertiary/aromatic N) is 3. The van der Waals surface area contributed by atoms with E-state index < -0.39 is 0 Å². The van der Waals surface area contributed by atoms with Gasteiger partial charge < -0.3 is 10.6 Å². The second-order valence-corrected chi connectivity index (χ2v) is 7.55. The Morgan fingerprint density at radius 2 is 2.04 bits per heavy atom. The first-order chi connectivity index (χ1) is 12.7. The van der Waals surface area contributed by atoms with Crippen LogP contribution in [0.1, 0.15) is 43.0 Å². The molecule has 0 saturated heterocycles. The Hall–Kier alpha value is -2.34.